The van der Waals surface area contributed by atoms with Gasteiger partial charge in [0.1, 0.15) is 17.7 Å². The van der Waals surface area contributed by atoms with Gasteiger partial charge in [-0.3, -0.25) is 9.59 Å². The second-order valence-electron chi connectivity index (χ2n) is 6.61. The maximum Gasteiger partial charge on any atom is 0.254 e. The van der Waals surface area contributed by atoms with Crippen LogP contribution in [-0.2, 0) is 4.79 Å². The maximum absolute atomic E-state index is 12.3. The summed E-state index contributed by atoms with van der Waals surface area (Å²) in [5.41, 5.74) is 1.94. The number of hydrogen-bond donors (Lipinski definition) is 1. The highest BCUT2D eigenvalue weighted by atomic mass is 16.2. The molecule has 0 radical (unpaired) electrons. The molecular formula is C18H23N5O2. The van der Waals surface area contributed by atoms with Crippen LogP contribution >= 0.6 is 0 Å². The van der Waals surface area contributed by atoms with E-state index in [1.54, 1.807) is 32.1 Å². The van der Waals surface area contributed by atoms with Crippen LogP contribution in [0.15, 0.2) is 23.1 Å². The molecule has 132 valence electrons. The summed E-state index contributed by atoms with van der Waals surface area (Å²) < 4.78 is 0. The minimum Gasteiger partial charge on any atom is -0.347 e. The fourth-order valence-electron chi connectivity index (χ4n) is 3.07. The molecule has 1 fully saturated rings. The summed E-state index contributed by atoms with van der Waals surface area (Å²) in [5.74, 6) is 1.38. The topological polar surface area (TPSA) is 82.2 Å². The average Bonchev–Trinajstić information content (AvgIpc) is 3.08. The normalized spacial score (nSPS) is 17.0. The van der Waals surface area contributed by atoms with Crippen molar-refractivity contribution in [1.29, 1.82) is 0 Å². The first kappa shape index (κ1) is 17.1. The van der Waals surface area contributed by atoms with Crippen molar-refractivity contribution in [2.24, 2.45) is 0 Å². The summed E-state index contributed by atoms with van der Waals surface area (Å²) in [6, 6.07) is 3.60. The highest BCUT2D eigenvalue weighted by Gasteiger charge is 2.32. The first-order valence-corrected chi connectivity index (χ1v) is 8.40. The molecule has 2 aromatic rings. The molecule has 0 unspecified atom stereocenters. The molecule has 0 aliphatic carbocycles. The van der Waals surface area contributed by atoms with E-state index in [9.17, 15) is 9.59 Å². The minimum atomic E-state index is -0.159. The molecule has 2 aromatic heterocycles. The number of amides is 1. The lowest BCUT2D eigenvalue weighted by Crippen LogP contribution is -2.43. The molecule has 1 aliphatic heterocycles. The molecule has 0 bridgehead atoms. The number of H-pyrrole nitrogens is 1. The van der Waals surface area contributed by atoms with Gasteiger partial charge in [0.15, 0.2) is 0 Å². The second kappa shape index (κ2) is 6.66. The van der Waals surface area contributed by atoms with Crippen LogP contribution in [0.3, 0.4) is 0 Å². The van der Waals surface area contributed by atoms with Crippen LogP contribution in [0, 0.1) is 13.8 Å². The predicted molar refractivity (Wildman–Crippen MR) is 96.6 cm³/mol. The highest BCUT2D eigenvalue weighted by molar-refractivity contribution is 5.85. The molecule has 25 heavy (non-hydrogen) atoms. The molecule has 1 amide bonds. The third kappa shape index (κ3) is 3.26. The van der Waals surface area contributed by atoms with Crippen molar-refractivity contribution in [3.05, 3.63) is 39.9 Å². The highest BCUT2D eigenvalue weighted by Crippen LogP contribution is 2.26. The van der Waals surface area contributed by atoms with Gasteiger partial charge in [0, 0.05) is 43.7 Å². The fraction of sp³-hybridized carbons (Fsp3) is 0.444. The summed E-state index contributed by atoms with van der Waals surface area (Å²) in [4.78, 5) is 39.6. The monoisotopic (exact) mass is 341 g/mol. The van der Waals surface area contributed by atoms with Gasteiger partial charge in [-0.25, -0.2) is 9.97 Å². The number of rotatable bonds is 3. The van der Waals surface area contributed by atoms with Gasteiger partial charge in [-0.1, -0.05) is 0 Å². The van der Waals surface area contributed by atoms with Crippen LogP contribution < -0.4 is 10.5 Å². The summed E-state index contributed by atoms with van der Waals surface area (Å²) in [5, 5.41) is 0. The van der Waals surface area contributed by atoms with Gasteiger partial charge >= 0.3 is 0 Å². The Hall–Kier alpha value is -2.70. The number of aromatic nitrogens is 3. The van der Waals surface area contributed by atoms with Crippen molar-refractivity contribution >= 4 is 11.7 Å². The first-order valence-electron chi connectivity index (χ1n) is 8.40. The summed E-state index contributed by atoms with van der Waals surface area (Å²) >= 11 is 0. The zero-order chi connectivity index (χ0) is 18.1. The van der Waals surface area contributed by atoms with Crippen LogP contribution in [0.1, 0.15) is 24.1 Å². The maximum atomic E-state index is 12.3. The Morgan fingerprint density at radius 2 is 2.08 bits per heavy atom. The van der Waals surface area contributed by atoms with E-state index in [0.29, 0.717) is 17.1 Å². The number of hydrogen-bond acceptors (Lipinski definition) is 5. The van der Waals surface area contributed by atoms with E-state index in [2.05, 4.69) is 15.0 Å². The van der Waals surface area contributed by atoms with Crippen molar-refractivity contribution in [2.45, 2.75) is 32.7 Å². The second-order valence-corrected chi connectivity index (χ2v) is 6.61. The van der Waals surface area contributed by atoms with Gasteiger partial charge in [-0.2, -0.15) is 0 Å². The number of aryl methyl sites for hydroxylation is 1. The van der Waals surface area contributed by atoms with Crippen LogP contribution in [0.2, 0.25) is 0 Å². The molecule has 1 atom stereocenters. The Labute approximate surface area is 146 Å². The molecule has 0 saturated carbocycles. The minimum absolute atomic E-state index is 0.100. The molecule has 3 rings (SSSR count). The molecule has 7 nitrogen and oxygen atoms in total. The summed E-state index contributed by atoms with van der Waals surface area (Å²) in [7, 11) is 3.55. The van der Waals surface area contributed by atoms with Crippen LogP contribution in [0.5, 0.6) is 0 Å². The number of nitrogens with zero attached hydrogens (tertiary/aromatic N) is 4. The number of likely N-dealkylation sites (N-methyl/N-ethyl adjacent to an activating group) is 1. The van der Waals surface area contributed by atoms with E-state index < -0.39 is 0 Å². The Kier molecular flexibility index (Phi) is 4.57. The summed E-state index contributed by atoms with van der Waals surface area (Å²) in [6.07, 6.45) is 3.50. The zero-order valence-corrected chi connectivity index (χ0v) is 15.0. The lowest BCUT2D eigenvalue weighted by Gasteiger charge is -2.27. The van der Waals surface area contributed by atoms with E-state index in [4.69, 9.17) is 0 Å². The van der Waals surface area contributed by atoms with E-state index in [0.717, 1.165) is 30.8 Å². The van der Waals surface area contributed by atoms with Crippen molar-refractivity contribution < 1.29 is 4.79 Å². The van der Waals surface area contributed by atoms with Gasteiger partial charge in [-0.05, 0) is 38.8 Å². The van der Waals surface area contributed by atoms with E-state index in [1.165, 1.54) is 0 Å². The van der Waals surface area contributed by atoms with Crippen LogP contribution in [0.25, 0.3) is 11.4 Å². The Bertz CT molecular complexity index is 842. The van der Waals surface area contributed by atoms with Crippen molar-refractivity contribution in [3.8, 4) is 11.4 Å². The smallest absolute Gasteiger partial charge is 0.254 e. The zero-order valence-electron chi connectivity index (χ0n) is 15.0. The number of anilines is 1. The van der Waals surface area contributed by atoms with Crippen molar-refractivity contribution in [3.63, 3.8) is 0 Å². The molecule has 0 aromatic carbocycles. The van der Waals surface area contributed by atoms with Crippen LogP contribution in [0.4, 0.5) is 5.82 Å². The van der Waals surface area contributed by atoms with Gasteiger partial charge < -0.3 is 14.8 Å². The Balaban J connectivity index is 1.88. The van der Waals surface area contributed by atoms with Gasteiger partial charge in [0.05, 0.1) is 0 Å². The molecule has 3 heterocycles. The third-order valence-electron chi connectivity index (χ3n) is 4.69. The first-order chi connectivity index (χ1) is 11.9. The molecule has 1 saturated heterocycles. The molecule has 0 spiro atoms. The average molecular weight is 341 g/mol. The number of nitrogens with one attached hydrogen (secondary N) is 1. The lowest BCUT2D eigenvalue weighted by atomic mass is 10.2. The lowest BCUT2D eigenvalue weighted by molar-refractivity contribution is -0.129. The van der Waals surface area contributed by atoms with E-state index in [-0.39, 0.29) is 17.5 Å². The standard InChI is InChI=1S/C18H23N5O2/c1-11-12(2)20-16(21-17(11)24)13-7-8-15(19-10-13)23-9-5-6-14(23)18(25)22(3)4/h7-8,10,14H,5-6,9H2,1-4H3,(H,20,21,24)/t14-/m0/s1. The number of aromatic amines is 1. The molecule has 1 N–H and O–H groups in total. The quantitative estimate of drug-likeness (QED) is 0.915. The predicted octanol–water partition coefficient (Wildman–Crippen LogP) is 1.51. The van der Waals surface area contributed by atoms with E-state index in [1.807, 2.05) is 24.0 Å². The SMILES string of the molecule is Cc1nc(-c2ccc(N3CCC[C@H]3C(=O)N(C)C)nc2)[nH]c(=O)c1C. The Morgan fingerprint density at radius 1 is 1.32 bits per heavy atom. The number of carbonyl (C=O) groups excluding carboxylic acids is 1. The van der Waals surface area contributed by atoms with Crippen LogP contribution in [-0.4, -0.2) is 52.4 Å². The third-order valence-corrected chi connectivity index (χ3v) is 4.69. The molecule has 7 heteroatoms. The van der Waals surface area contributed by atoms with Crippen molar-refractivity contribution in [2.75, 3.05) is 25.5 Å². The summed E-state index contributed by atoms with van der Waals surface area (Å²) in [6.45, 7) is 4.38. The van der Waals surface area contributed by atoms with Crippen molar-refractivity contribution in [1.82, 2.24) is 19.9 Å². The van der Waals surface area contributed by atoms with E-state index >= 15 is 0 Å². The van der Waals surface area contributed by atoms with Gasteiger partial charge in [-0.15, -0.1) is 0 Å². The number of carbonyl (C=O) groups is 1. The molecular weight excluding hydrogens is 318 g/mol. The van der Waals surface area contributed by atoms with Gasteiger partial charge in [0.25, 0.3) is 5.56 Å². The fourth-order valence-corrected chi connectivity index (χ4v) is 3.07. The molecule has 1 aliphatic rings. The largest absolute Gasteiger partial charge is 0.347 e. The Morgan fingerprint density at radius 3 is 2.68 bits per heavy atom. The van der Waals surface area contributed by atoms with Gasteiger partial charge in [0.2, 0.25) is 5.91 Å². The number of pyridine rings is 1.